The normalized spacial score (nSPS) is 21.4. The van der Waals surface area contributed by atoms with E-state index < -0.39 is 0 Å². The van der Waals surface area contributed by atoms with E-state index >= 15 is 0 Å². The average Bonchev–Trinajstić information content (AvgIpc) is 3.14. The fraction of sp³-hybridized carbons (Fsp3) is 0.588. The average molecular weight is 317 g/mol. The van der Waals surface area contributed by atoms with Crippen LogP contribution in [0.1, 0.15) is 44.3 Å². The van der Waals surface area contributed by atoms with E-state index in [1.54, 1.807) is 13.0 Å². The van der Waals surface area contributed by atoms with Crippen LogP contribution in [0.25, 0.3) is 0 Å². The highest BCUT2D eigenvalue weighted by Crippen LogP contribution is 2.25. The molecule has 124 valence electrons. The van der Waals surface area contributed by atoms with E-state index in [1.165, 1.54) is 23.3 Å². The second kappa shape index (κ2) is 6.98. The van der Waals surface area contributed by atoms with Crippen molar-refractivity contribution in [1.29, 1.82) is 0 Å². The lowest BCUT2D eigenvalue weighted by Crippen LogP contribution is -2.33. The van der Waals surface area contributed by atoms with Crippen molar-refractivity contribution >= 4 is 17.6 Å². The third-order valence-electron chi connectivity index (χ3n) is 4.52. The molecule has 0 bridgehead atoms. The SMILES string of the molecule is Cc1cc(N2CC(C(=O)NCCC3=CCCCC3)CC2=O)no1. The van der Waals surface area contributed by atoms with Crippen molar-refractivity contribution in [2.75, 3.05) is 18.0 Å². The van der Waals surface area contributed by atoms with Gasteiger partial charge in [0.25, 0.3) is 0 Å². The molecule has 1 N–H and O–H groups in total. The molecule has 1 aliphatic heterocycles. The first-order chi connectivity index (χ1) is 11.1. The number of aromatic nitrogens is 1. The van der Waals surface area contributed by atoms with Crippen LogP contribution in [0.15, 0.2) is 22.2 Å². The Morgan fingerprint density at radius 3 is 3.04 bits per heavy atom. The molecular weight excluding hydrogens is 294 g/mol. The van der Waals surface area contributed by atoms with Gasteiger partial charge in [0.15, 0.2) is 5.82 Å². The standard InChI is InChI=1S/C17H23N3O3/c1-12-9-15(19-23-12)20-11-14(10-16(20)21)17(22)18-8-7-13-5-3-2-4-6-13/h5,9,14H,2-4,6-8,10-11H2,1H3,(H,18,22). The zero-order chi connectivity index (χ0) is 16.2. The zero-order valence-electron chi connectivity index (χ0n) is 13.5. The molecule has 3 rings (SSSR count). The molecule has 2 heterocycles. The van der Waals surface area contributed by atoms with E-state index in [1.807, 2.05) is 0 Å². The third-order valence-corrected chi connectivity index (χ3v) is 4.52. The summed E-state index contributed by atoms with van der Waals surface area (Å²) in [5, 5.41) is 6.82. The lowest BCUT2D eigenvalue weighted by molar-refractivity contribution is -0.126. The summed E-state index contributed by atoms with van der Waals surface area (Å²) in [5.74, 6) is 0.724. The Bertz CT molecular complexity index is 620. The van der Waals surface area contributed by atoms with Gasteiger partial charge in [0, 0.05) is 25.6 Å². The number of anilines is 1. The second-order valence-electron chi connectivity index (χ2n) is 6.35. The Labute approximate surface area is 135 Å². The Morgan fingerprint density at radius 1 is 1.48 bits per heavy atom. The zero-order valence-corrected chi connectivity index (χ0v) is 13.5. The van der Waals surface area contributed by atoms with E-state index in [2.05, 4.69) is 16.5 Å². The molecule has 2 amide bonds. The van der Waals surface area contributed by atoms with E-state index in [-0.39, 0.29) is 24.2 Å². The fourth-order valence-electron chi connectivity index (χ4n) is 3.21. The highest BCUT2D eigenvalue weighted by molar-refractivity contribution is 5.99. The number of carbonyl (C=O) groups is 2. The molecule has 0 radical (unpaired) electrons. The van der Waals surface area contributed by atoms with Crippen LogP contribution in [-0.2, 0) is 9.59 Å². The molecule has 0 spiro atoms. The highest BCUT2D eigenvalue weighted by atomic mass is 16.5. The van der Waals surface area contributed by atoms with Gasteiger partial charge in [-0.2, -0.15) is 0 Å². The molecule has 6 heteroatoms. The van der Waals surface area contributed by atoms with Gasteiger partial charge >= 0.3 is 0 Å². The Hall–Kier alpha value is -2.11. The van der Waals surface area contributed by atoms with Gasteiger partial charge in [-0.25, -0.2) is 0 Å². The molecule has 23 heavy (non-hydrogen) atoms. The van der Waals surface area contributed by atoms with Crippen LogP contribution in [0, 0.1) is 12.8 Å². The summed E-state index contributed by atoms with van der Waals surface area (Å²) < 4.78 is 5.00. The van der Waals surface area contributed by atoms with Crippen LogP contribution < -0.4 is 10.2 Å². The third kappa shape index (κ3) is 3.81. The summed E-state index contributed by atoms with van der Waals surface area (Å²) >= 11 is 0. The summed E-state index contributed by atoms with van der Waals surface area (Å²) in [7, 11) is 0. The minimum Gasteiger partial charge on any atom is -0.360 e. The van der Waals surface area contributed by atoms with Crippen molar-refractivity contribution in [2.45, 2.75) is 45.4 Å². The topological polar surface area (TPSA) is 75.4 Å². The summed E-state index contributed by atoms with van der Waals surface area (Å²) in [6.45, 7) is 2.80. The largest absolute Gasteiger partial charge is 0.360 e. The number of hydrogen-bond donors (Lipinski definition) is 1. The van der Waals surface area contributed by atoms with Crippen molar-refractivity contribution in [1.82, 2.24) is 10.5 Å². The predicted molar refractivity (Wildman–Crippen MR) is 85.9 cm³/mol. The van der Waals surface area contributed by atoms with Crippen LogP contribution in [0.2, 0.25) is 0 Å². The minimum atomic E-state index is -0.306. The predicted octanol–water partition coefficient (Wildman–Crippen LogP) is 2.34. The number of aryl methyl sites for hydroxylation is 1. The summed E-state index contributed by atoms with van der Waals surface area (Å²) in [6.07, 6.45) is 8.28. The highest BCUT2D eigenvalue weighted by Gasteiger charge is 2.36. The van der Waals surface area contributed by atoms with E-state index in [4.69, 9.17) is 4.52 Å². The first-order valence-electron chi connectivity index (χ1n) is 8.33. The molecule has 1 aromatic rings. The summed E-state index contributed by atoms with van der Waals surface area (Å²) in [4.78, 5) is 25.9. The molecule has 1 aliphatic carbocycles. The van der Waals surface area contributed by atoms with E-state index in [0.29, 0.717) is 24.7 Å². The maximum atomic E-state index is 12.3. The molecule has 0 saturated carbocycles. The quantitative estimate of drug-likeness (QED) is 0.846. The van der Waals surface area contributed by atoms with Gasteiger partial charge in [-0.3, -0.25) is 14.5 Å². The van der Waals surface area contributed by atoms with Gasteiger partial charge in [0.2, 0.25) is 11.8 Å². The molecule has 6 nitrogen and oxygen atoms in total. The Morgan fingerprint density at radius 2 is 2.35 bits per heavy atom. The van der Waals surface area contributed by atoms with Crippen LogP contribution in [0.4, 0.5) is 5.82 Å². The van der Waals surface area contributed by atoms with Gasteiger partial charge < -0.3 is 9.84 Å². The van der Waals surface area contributed by atoms with Gasteiger partial charge in [0.05, 0.1) is 5.92 Å². The van der Waals surface area contributed by atoms with Crippen LogP contribution >= 0.6 is 0 Å². The van der Waals surface area contributed by atoms with Crippen LogP contribution in [0.5, 0.6) is 0 Å². The number of carbonyl (C=O) groups excluding carboxylic acids is 2. The molecular formula is C17H23N3O3. The fourth-order valence-corrected chi connectivity index (χ4v) is 3.21. The van der Waals surface area contributed by atoms with Gasteiger partial charge in [-0.15, -0.1) is 0 Å². The number of amides is 2. The Kier molecular flexibility index (Phi) is 4.79. The molecule has 1 aromatic heterocycles. The summed E-state index contributed by atoms with van der Waals surface area (Å²) in [5.41, 5.74) is 1.44. The van der Waals surface area contributed by atoms with Crippen molar-refractivity contribution in [3.63, 3.8) is 0 Å². The molecule has 1 saturated heterocycles. The monoisotopic (exact) mass is 317 g/mol. The number of rotatable bonds is 5. The first-order valence-corrected chi connectivity index (χ1v) is 8.33. The van der Waals surface area contributed by atoms with E-state index in [0.717, 1.165) is 19.3 Å². The minimum absolute atomic E-state index is 0.0440. The smallest absolute Gasteiger partial charge is 0.229 e. The molecule has 0 aromatic carbocycles. The number of hydrogen-bond acceptors (Lipinski definition) is 4. The molecule has 1 fully saturated rings. The van der Waals surface area contributed by atoms with Crippen LogP contribution in [-0.4, -0.2) is 30.1 Å². The second-order valence-corrected chi connectivity index (χ2v) is 6.35. The number of allylic oxidation sites excluding steroid dienone is 1. The van der Waals surface area contributed by atoms with Crippen LogP contribution in [0.3, 0.4) is 0 Å². The number of nitrogens with one attached hydrogen (secondary N) is 1. The molecule has 1 atom stereocenters. The maximum Gasteiger partial charge on any atom is 0.229 e. The molecule has 2 aliphatic rings. The maximum absolute atomic E-state index is 12.3. The lowest BCUT2D eigenvalue weighted by atomic mass is 9.97. The van der Waals surface area contributed by atoms with Gasteiger partial charge in [-0.05, 0) is 39.0 Å². The summed E-state index contributed by atoms with van der Waals surface area (Å²) in [6, 6.07) is 1.72. The Balaban J connectivity index is 1.48. The van der Waals surface area contributed by atoms with Crippen molar-refractivity contribution < 1.29 is 14.1 Å². The molecule has 1 unspecified atom stereocenters. The van der Waals surface area contributed by atoms with Crippen molar-refractivity contribution in [3.8, 4) is 0 Å². The first kappa shape index (κ1) is 15.8. The van der Waals surface area contributed by atoms with E-state index in [9.17, 15) is 9.59 Å². The lowest BCUT2D eigenvalue weighted by Gasteiger charge is -2.15. The van der Waals surface area contributed by atoms with Gasteiger partial charge in [-0.1, -0.05) is 16.8 Å². The number of nitrogens with zero attached hydrogens (tertiary/aromatic N) is 2. The van der Waals surface area contributed by atoms with Crippen molar-refractivity contribution in [2.24, 2.45) is 5.92 Å². The van der Waals surface area contributed by atoms with Crippen molar-refractivity contribution in [3.05, 3.63) is 23.5 Å². The van der Waals surface area contributed by atoms with Gasteiger partial charge in [0.1, 0.15) is 5.76 Å².